The van der Waals surface area contributed by atoms with Crippen molar-refractivity contribution in [3.63, 3.8) is 0 Å². The van der Waals surface area contributed by atoms with Gasteiger partial charge in [0, 0.05) is 29.8 Å². The van der Waals surface area contributed by atoms with Gasteiger partial charge >= 0.3 is 0 Å². The molecule has 3 aromatic rings. The molecule has 0 radical (unpaired) electrons. The molecule has 1 aromatic heterocycles. The van der Waals surface area contributed by atoms with Gasteiger partial charge in [-0.15, -0.1) is 11.6 Å². The van der Waals surface area contributed by atoms with Gasteiger partial charge in [-0.2, -0.15) is 0 Å². The van der Waals surface area contributed by atoms with Gasteiger partial charge in [-0.3, -0.25) is 9.78 Å². The summed E-state index contributed by atoms with van der Waals surface area (Å²) in [6, 6.07) is 9.25. The Hall–Kier alpha value is -3.19. The number of ether oxygens (including phenoxy) is 4. The first kappa shape index (κ1) is 21.5. The first-order valence-electron chi connectivity index (χ1n) is 9.14. The lowest BCUT2D eigenvalue weighted by atomic mass is 10.0. The molecule has 158 valence electrons. The summed E-state index contributed by atoms with van der Waals surface area (Å²) in [6.07, 6.45) is 2.17. The molecule has 0 aliphatic rings. The third-order valence-electron chi connectivity index (χ3n) is 4.71. The molecule has 0 unspecified atom stereocenters. The molecule has 8 heteroatoms. The summed E-state index contributed by atoms with van der Waals surface area (Å²) < 4.78 is 21.6. The molecule has 0 fully saturated rings. The lowest BCUT2D eigenvalue weighted by Gasteiger charge is -2.16. The molecule has 0 spiro atoms. The molecule has 30 heavy (non-hydrogen) atoms. The number of alkyl halides is 1. The molecule has 0 aliphatic carbocycles. The van der Waals surface area contributed by atoms with Crippen LogP contribution in [0.3, 0.4) is 0 Å². The topological polar surface area (TPSA) is 78.9 Å². The molecule has 2 aromatic carbocycles. The number of nitrogens with zero attached hydrogens (tertiary/aromatic N) is 1. The Morgan fingerprint density at radius 2 is 1.53 bits per heavy atom. The van der Waals surface area contributed by atoms with Crippen molar-refractivity contribution >= 4 is 34.0 Å². The molecule has 0 bridgehead atoms. The predicted octanol–water partition coefficient (Wildman–Crippen LogP) is 4.04. The van der Waals surface area contributed by atoms with Crippen molar-refractivity contribution in [1.29, 1.82) is 0 Å². The molecule has 0 atom stereocenters. The maximum absolute atomic E-state index is 11.9. The summed E-state index contributed by atoms with van der Waals surface area (Å²) in [5.41, 5.74) is 2.19. The smallest absolute Gasteiger partial charge is 0.239 e. The maximum atomic E-state index is 11.9. The second-order valence-electron chi connectivity index (χ2n) is 6.41. The van der Waals surface area contributed by atoms with Crippen molar-refractivity contribution in [2.45, 2.75) is 6.42 Å². The quantitative estimate of drug-likeness (QED) is 0.543. The Bertz CT molecular complexity index is 1070. The van der Waals surface area contributed by atoms with Crippen LogP contribution in [0, 0.1) is 0 Å². The van der Waals surface area contributed by atoms with Gasteiger partial charge in [-0.1, -0.05) is 0 Å². The van der Waals surface area contributed by atoms with Crippen LogP contribution >= 0.6 is 11.6 Å². The van der Waals surface area contributed by atoms with E-state index in [1.165, 1.54) is 7.11 Å². The number of fused-ring (bicyclic) bond motifs is 1. The van der Waals surface area contributed by atoms with Crippen molar-refractivity contribution in [3.05, 3.63) is 47.8 Å². The highest BCUT2D eigenvalue weighted by Gasteiger charge is 2.16. The zero-order valence-electron chi connectivity index (χ0n) is 17.2. The number of hydrogen-bond donors (Lipinski definition) is 1. The summed E-state index contributed by atoms with van der Waals surface area (Å²) in [6.45, 7) is 0. The number of benzene rings is 2. The minimum atomic E-state index is -0.317. The summed E-state index contributed by atoms with van der Waals surface area (Å²) in [5, 5.41) is 4.70. The van der Waals surface area contributed by atoms with E-state index >= 15 is 0 Å². The molecule has 0 aliphatic heterocycles. The Balaban J connectivity index is 2.12. The zero-order chi connectivity index (χ0) is 21.7. The van der Waals surface area contributed by atoms with E-state index in [2.05, 4.69) is 10.3 Å². The number of aromatic nitrogens is 1. The number of carbonyl (C=O) groups is 1. The number of nitrogens with one attached hydrogen (secondary N) is 1. The summed E-state index contributed by atoms with van der Waals surface area (Å²) in [7, 11) is 6.29. The van der Waals surface area contributed by atoms with Gasteiger partial charge in [0.15, 0.2) is 23.0 Å². The minimum Gasteiger partial charge on any atom is -0.493 e. The van der Waals surface area contributed by atoms with Crippen molar-refractivity contribution in [1.82, 2.24) is 4.98 Å². The van der Waals surface area contributed by atoms with E-state index in [1.54, 1.807) is 33.6 Å². The van der Waals surface area contributed by atoms with Crippen LogP contribution in [-0.2, 0) is 11.2 Å². The van der Waals surface area contributed by atoms with E-state index in [1.807, 2.05) is 24.3 Å². The van der Waals surface area contributed by atoms with Crippen molar-refractivity contribution in [2.24, 2.45) is 0 Å². The number of amides is 1. The second kappa shape index (κ2) is 9.54. The van der Waals surface area contributed by atoms with Crippen LogP contribution in [0.2, 0.25) is 0 Å². The molecular weight excluding hydrogens is 408 g/mol. The molecule has 1 N–H and O–H groups in total. The summed E-state index contributed by atoms with van der Waals surface area (Å²) >= 11 is 5.68. The van der Waals surface area contributed by atoms with E-state index in [-0.39, 0.29) is 11.8 Å². The number of pyridine rings is 1. The Labute approximate surface area is 179 Å². The third-order valence-corrected chi connectivity index (χ3v) is 4.96. The molecule has 3 rings (SSSR count). The van der Waals surface area contributed by atoms with Crippen LogP contribution in [0.25, 0.3) is 10.8 Å². The van der Waals surface area contributed by atoms with Crippen LogP contribution < -0.4 is 24.3 Å². The number of halogens is 1. The number of hydrogen-bond acceptors (Lipinski definition) is 6. The van der Waals surface area contributed by atoms with E-state index in [9.17, 15) is 4.79 Å². The highest BCUT2D eigenvalue weighted by atomic mass is 35.5. The monoisotopic (exact) mass is 430 g/mol. The standard InChI is InChI=1S/C22H23ClN2O5/c1-27-18-8-13-5-6-24-17(15(13)10-20(18)29-3)7-14-9-19(28-2)21(30-4)11-16(14)25-22(26)12-23/h5-6,8-11H,7,12H2,1-4H3,(H,25,26). The summed E-state index contributed by atoms with van der Waals surface area (Å²) in [5.74, 6) is 1.84. The first-order valence-corrected chi connectivity index (χ1v) is 9.68. The normalized spacial score (nSPS) is 10.6. The highest BCUT2D eigenvalue weighted by Crippen LogP contribution is 2.37. The molecule has 0 saturated carbocycles. The lowest BCUT2D eigenvalue weighted by molar-refractivity contribution is -0.113. The zero-order valence-corrected chi connectivity index (χ0v) is 18.0. The van der Waals surface area contributed by atoms with Crippen molar-refractivity contribution in [3.8, 4) is 23.0 Å². The van der Waals surface area contributed by atoms with Gasteiger partial charge < -0.3 is 24.3 Å². The largest absolute Gasteiger partial charge is 0.493 e. The number of carbonyl (C=O) groups excluding carboxylic acids is 1. The fraction of sp³-hybridized carbons (Fsp3) is 0.273. The molecule has 0 saturated heterocycles. The van der Waals surface area contributed by atoms with E-state index in [0.29, 0.717) is 35.1 Å². The number of methoxy groups -OCH3 is 4. The minimum absolute atomic E-state index is 0.155. The van der Waals surface area contributed by atoms with Crippen LogP contribution in [0.5, 0.6) is 23.0 Å². The van der Waals surface area contributed by atoms with Crippen molar-refractivity contribution < 1.29 is 23.7 Å². The number of anilines is 1. The van der Waals surface area contributed by atoms with Crippen molar-refractivity contribution in [2.75, 3.05) is 39.6 Å². The fourth-order valence-electron chi connectivity index (χ4n) is 3.25. The maximum Gasteiger partial charge on any atom is 0.239 e. The molecule has 7 nitrogen and oxygen atoms in total. The predicted molar refractivity (Wildman–Crippen MR) is 117 cm³/mol. The Morgan fingerprint density at radius 1 is 0.933 bits per heavy atom. The molecular formula is C22H23ClN2O5. The number of rotatable bonds is 8. The van der Waals surface area contributed by atoms with Crippen LogP contribution in [0.1, 0.15) is 11.3 Å². The van der Waals surface area contributed by atoms with Gasteiger partial charge in [0.05, 0.1) is 34.1 Å². The van der Waals surface area contributed by atoms with Gasteiger partial charge in [0.2, 0.25) is 5.91 Å². The van der Waals surface area contributed by atoms with Gasteiger partial charge in [0.1, 0.15) is 5.88 Å². The average Bonchev–Trinajstić information content (AvgIpc) is 2.78. The van der Waals surface area contributed by atoms with E-state index in [0.717, 1.165) is 22.0 Å². The fourth-order valence-corrected chi connectivity index (χ4v) is 3.31. The lowest BCUT2D eigenvalue weighted by Crippen LogP contribution is -2.14. The average molecular weight is 431 g/mol. The van der Waals surface area contributed by atoms with Gasteiger partial charge in [-0.25, -0.2) is 0 Å². The highest BCUT2D eigenvalue weighted by molar-refractivity contribution is 6.29. The van der Waals surface area contributed by atoms with E-state index < -0.39 is 0 Å². The van der Waals surface area contributed by atoms with Gasteiger partial charge in [-0.05, 0) is 35.2 Å². The first-order chi connectivity index (χ1) is 14.5. The molecule has 1 heterocycles. The molecule has 1 amide bonds. The third kappa shape index (κ3) is 4.36. The van der Waals surface area contributed by atoms with Crippen LogP contribution in [0.4, 0.5) is 5.69 Å². The Morgan fingerprint density at radius 3 is 2.17 bits per heavy atom. The summed E-state index contributed by atoms with van der Waals surface area (Å²) in [4.78, 5) is 16.5. The van der Waals surface area contributed by atoms with Crippen LogP contribution in [0.15, 0.2) is 36.5 Å². The van der Waals surface area contributed by atoms with Crippen LogP contribution in [-0.4, -0.2) is 45.2 Å². The second-order valence-corrected chi connectivity index (χ2v) is 6.68. The SMILES string of the molecule is COc1cc(Cc2nccc3cc(OC)c(OC)cc23)c(NC(=O)CCl)cc1OC. The Kier molecular flexibility index (Phi) is 6.84. The van der Waals surface area contributed by atoms with E-state index in [4.69, 9.17) is 30.5 Å². The van der Waals surface area contributed by atoms with Gasteiger partial charge in [0.25, 0.3) is 0 Å².